The van der Waals surface area contributed by atoms with Crippen LogP contribution < -0.4 is 11.1 Å². The molecule has 16 heavy (non-hydrogen) atoms. The largest absolute Gasteiger partial charge is 0.399 e. The van der Waals surface area contributed by atoms with Crippen molar-refractivity contribution >= 4 is 5.69 Å². The molecule has 1 rings (SSSR count). The highest BCUT2D eigenvalue weighted by atomic mass is 16.5. The van der Waals surface area contributed by atoms with Crippen LogP contribution in [-0.4, -0.2) is 26.3 Å². The highest BCUT2D eigenvalue weighted by Crippen LogP contribution is 2.08. The zero-order valence-corrected chi connectivity index (χ0v) is 10.2. The topological polar surface area (TPSA) is 47.3 Å². The molecule has 0 aliphatic carbocycles. The molecule has 3 nitrogen and oxygen atoms in total. The van der Waals surface area contributed by atoms with Crippen molar-refractivity contribution in [1.82, 2.24) is 5.32 Å². The van der Waals surface area contributed by atoms with Gasteiger partial charge in [0.1, 0.15) is 0 Å². The van der Waals surface area contributed by atoms with E-state index in [1.807, 2.05) is 18.2 Å². The molecule has 3 N–H and O–H groups in total. The number of rotatable bonds is 7. The summed E-state index contributed by atoms with van der Waals surface area (Å²) in [7, 11) is 1.74. The van der Waals surface area contributed by atoms with Crippen LogP contribution in [0, 0.1) is 0 Å². The van der Waals surface area contributed by atoms with Crippen molar-refractivity contribution < 1.29 is 4.74 Å². The highest BCUT2D eigenvalue weighted by Gasteiger charge is 1.98. The van der Waals surface area contributed by atoms with E-state index in [2.05, 4.69) is 18.3 Å². The standard InChI is InChI=1S/C13H22N2O/c1-11(16-2)10-15-8-4-6-12-5-3-7-13(14)9-12/h3,5,7,9,11,15H,4,6,8,10,14H2,1-2H3. The molecule has 1 aromatic rings. The highest BCUT2D eigenvalue weighted by molar-refractivity contribution is 5.40. The molecular weight excluding hydrogens is 200 g/mol. The van der Waals surface area contributed by atoms with E-state index in [-0.39, 0.29) is 6.10 Å². The number of methoxy groups -OCH3 is 1. The minimum absolute atomic E-state index is 0.285. The van der Waals surface area contributed by atoms with Crippen LogP contribution in [0.25, 0.3) is 0 Å². The monoisotopic (exact) mass is 222 g/mol. The fraction of sp³-hybridized carbons (Fsp3) is 0.538. The van der Waals surface area contributed by atoms with Crippen LogP contribution in [0.5, 0.6) is 0 Å². The number of hydrogen-bond donors (Lipinski definition) is 2. The molecule has 0 aliphatic rings. The maximum Gasteiger partial charge on any atom is 0.0667 e. The first-order chi connectivity index (χ1) is 7.72. The number of benzene rings is 1. The number of nitrogen functional groups attached to an aromatic ring is 1. The second-order valence-corrected chi connectivity index (χ2v) is 4.10. The Bertz CT molecular complexity index is 302. The number of aryl methyl sites for hydroxylation is 1. The Morgan fingerprint density at radius 1 is 1.44 bits per heavy atom. The second kappa shape index (κ2) is 7.25. The summed E-state index contributed by atoms with van der Waals surface area (Å²) in [5.41, 5.74) is 7.87. The molecule has 0 bridgehead atoms. The molecule has 0 heterocycles. The van der Waals surface area contributed by atoms with Gasteiger partial charge in [-0.25, -0.2) is 0 Å². The maximum atomic E-state index is 5.71. The van der Waals surface area contributed by atoms with E-state index < -0.39 is 0 Å². The molecule has 0 amide bonds. The number of nitrogens with one attached hydrogen (secondary N) is 1. The van der Waals surface area contributed by atoms with Gasteiger partial charge in [-0.3, -0.25) is 0 Å². The molecule has 90 valence electrons. The van der Waals surface area contributed by atoms with Crippen LogP contribution in [0.2, 0.25) is 0 Å². The molecule has 0 aromatic heterocycles. The van der Waals surface area contributed by atoms with Gasteiger partial charge in [-0.1, -0.05) is 12.1 Å². The van der Waals surface area contributed by atoms with E-state index in [1.54, 1.807) is 7.11 Å². The summed E-state index contributed by atoms with van der Waals surface area (Å²) in [4.78, 5) is 0. The van der Waals surface area contributed by atoms with Gasteiger partial charge in [0.05, 0.1) is 6.10 Å². The van der Waals surface area contributed by atoms with Crippen LogP contribution in [0.15, 0.2) is 24.3 Å². The van der Waals surface area contributed by atoms with Crippen LogP contribution in [0.3, 0.4) is 0 Å². The second-order valence-electron chi connectivity index (χ2n) is 4.10. The van der Waals surface area contributed by atoms with Crippen LogP contribution in [0.1, 0.15) is 18.9 Å². The van der Waals surface area contributed by atoms with Crippen molar-refractivity contribution in [2.75, 3.05) is 25.9 Å². The summed E-state index contributed by atoms with van der Waals surface area (Å²) >= 11 is 0. The van der Waals surface area contributed by atoms with Gasteiger partial charge in [0.2, 0.25) is 0 Å². The van der Waals surface area contributed by atoms with E-state index in [4.69, 9.17) is 10.5 Å². The molecule has 0 spiro atoms. The average Bonchev–Trinajstić information content (AvgIpc) is 2.28. The third-order valence-corrected chi connectivity index (χ3v) is 2.60. The average molecular weight is 222 g/mol. The summed E-state index contributed by atoms with van der Waals surface area (Å²) in [6.45, 7) is 3.99. The molecule has 1 aromatic carbocycles. The summed E-state index contributed by atoms with van der Waals surface area (Å²) in [6.07, 6.45) is 2.48. The third kappa shape index (κ3) is 5.14. The molecule has 3 heteroatoms. The van der Waals surface area contributed by atoms with Crippen molar-refractivity contribution in [3.8, 4) is 0 Å². The van der Waals surface area contributed by atoms with E-state index in [9.17, 15) is 0 Å². The van der Waals surface area contributed by atoms with E-state index >= 15 is 0 Å². The first-order valence-corrected chi connectivity index (χ1v) is 5.80. The van der Waals surface area contributed by atoms with Crippen LogP contribution in [0.4, 0.5) is 5.69 Å². The fourth-order valence-corrected chi connectivity index (χ4v) is 1.55. The molecule has 1 atom stereocenters. The van der Waals surface area contributed by atoms with Gasteiger partial charge >= 0.3 is 0 Å². The van der Waals surface area contributed by atoms with Gasteiger partial charge in [-0.15, -0.1) is 0 Å². The summed E-state index contributed by atoms with van der Waals surface area (Å²) in [5, 5.41) is 3.36. The van der Waals surface area contributed by atoms with Gasteiger partial charge in [0.25, 0.3) is 0 Å². The van der Waals surface area contributed by atoms with Gasteiger partial charge in [0.15, 0.2) is 0 Å². The van der Waals surface area contributed by atoms with E-state index in [1.165, 1.54) is 5.56 Å². The molecule has 0 fully saturated rings. The SMILES string of the molecule is COC(C)CNCCCc1cccc(N)c1. The Morgan fingerprint density at radius 2 is 2.25 bits per heavy atom. The van der Waals surface area contributed by atoms with Crippen molar-refractivity contribution in [3.05, 3.63) is 29.8 Å². The lowest BCUT2D eigenvalue weighted by Crippen LogP contribution is -2.26. The van der Waals surface area contributed by atoms with Crippen molar-refractivity contribution in [2.24, 2.45) is 0 Å². The van der Waals surface area contributed by atoms with Crippen molar-refractivity contribution in [1.29, 1.82) is 0 Å². The van der Waals surface area contributed by atoms with Gasteiger partial charge < -0.3 is 15.8 Å². The minimum atomic E-state index is 0.285. The summed E-state index contributed by atoms with van der Waals surface area (Å²) in [5.74, 6) is 0. The predicted molar refractivity (Wildman–Crippen MR) is 68.5 cm³/mol. The normalized spacial score (nSPS) is 12.6. The van der Waals surface area contributed by atoms with Crippen molar-refractivity contribution in [3.63, 3.8) is 0 Å². The molecule has 1 unspecified atom stereocenters. The number of nitrogens with two attached hydrogens (primary N) is 1. The molecule has 0 aliphatic heterocycles. The lowest BCUT2D eigenvalue weighted by atomic mass is 10.1. The number of anilines is 1. The Balaban J connectivity index is 2.12. The Kier molecular flexibility index (Phi) is 5.90. The van der Waals surface area contributed by atoms with Gasteiger partial charge in [0, 0.05) is 19.3 Å². The molecule has 0 saturated carbocycles. The van der Waals surface area contributed by atoms with E-state index in [0.717, 1.165) is 31.6 Å². The van der Waals surface area contributed by atoms with Gasteiger partial charge in [-0.05, 0) is 44.0 Å². The zero-order valence-electron chi connectivity index (χ0n) is 10.2. The zero-order chi connectivity index (χ0) is 11.8. The predicted octanol–water partition coefficient (Wildman–Crippen LogP) is 1.83. The molecule has 0 radical (unpaired) electrons. The van der Waals surface area contributed by atoms with Crippen LogP contribution >= 0.6 is 0 Å². The first-order valence-electron chi connectivity index (χ1n) is 5.80. The third-order valence-electron chi connectivity index (χ3n) is 2.60. The first kappa shape index (κ1) is 13.0. The van der Waals surface area contributed by atoms with Gasteiger partial charge in [-0.2, -0.15) is 0 Å². The lowest BCUT2D eigenvalue weighted by Gasteiger charge is -2.10. The van der Waals surface area contributed by atoms with E-state index in [0.29, 0.717) is 0 Å². The fourth-order valence-electron chi connectivity index (χ4n) is 1.55. The quantitative estimate of drug-likeness (QED) is 0.546. The summed E-state index contributed by atoms with van der Waals surface area (Å²) in [6, 6.07) is 8.08. The summed E-state index contributed by atoms with van der Waals surface area (Å²) < 4.78 is 5.15. The lowest BCUT2D eigenvalue weighted by molar-refractivity contribution is 0.117. The minimum Gasteiger partial charge on any atom is -0.399 e. The Labute approximate surface area is 98.0 Å². The Morgan fingerprint density at radius 3 is 2.94 bits per heavy atom. The number of hydrogen-bond acceptors (Lipinski definition) is 3. The Hall–Kier alpha value is -1.06. The van der Waals surface area contributed by atoms with Crippen molar-refractivity contribution in [2.45, 2.75) is 25.9 Å². The van der Waals surface area contributed by atoms with Crippen LogP contribution in [-0.2, 0) is 11.2 Å². The maximum absolute atomic E-state index is 5.71. The molecular formula is C13H22N2O. The smallest absolute Gasteiger partial charge is 0.0667 e. The number of ether oxygens (including phenoxy) is 1. The molecule has 0 saturated heterocycles.